The van der Waals surface area contributed by atoms with E-state index in [1.54, 1.807) is 13.0 Å². The third-order valence-corrected chi connectivity index (χ3v) is 7.91. The number of hydrogen-bond donors (Lipinski definition) is 2. The van der Waals surface area contributed by atoms with Gasteiger partial charge in [0.05, 0.1) is 11.6 Å². The molecule has 1 unspecified atom stereocenters. The van der Waals surface area contributed by atoms with Crippen molar-refractivity contribution in [3.63, 3.8) is 0 Å². The molecule has 4 rings (SSSR count). The predicted molar refractivity (Wildman–Crippen MR) is 111 cm³/mol. The molecule has 1 aliphatic heterocycles. The third-order valence-electron chi connectivity index (χ3n) is 6.28. The van der Waals surface area contributed by atoms with Crippen LogP contribution in [0.4, 0.5) is 19.1 Å². The Hall–Kier alpha value is -2.25. The monoisotopic (exact) mass is 475 g/mol. The number of fused-ring (bicyclic) bond motifs is 1. The fourth-order valence-electron chi connectivity index (χ4n) is 4.52. The minimum Gasteiger partial charge on any atom is -0.388 e. The Labute approximate surface area is 182 Å². The number of hydrogen-bond acceptors (Lipinski definition) is 7. The number of aliphatic hydroxyl groups is 1. The van der Waals surface area contributed by atoms with E-state index in [1.165, 1.54) is 16.8 Å². The minimum absolute atomic E-state index is 0.148. The number of pyridine rings is 1. The van der Waals surface area contributed by atoms with Gasteiger partial charge in [0.15, 0.2) is 0 Å². The summed E-state index contributed by atoms with van der Waals surface area (Å²) in [6.07, 6.45) is 3.80. The molecule has 9 nitrogen and oxygen atoms in total. The fraction of sp³-hybridized carbons (Fsp3) is 0.632. The normalized spacial score (nSPS) is 26.0. The first-order valence-corrected chi connectivity index (χ1v) is 11.8. The van der Waals surface area contributed by atoms with Crippen LogP contribution in [0.25, 0.3) is 11.0 Å². The van der Waals surface area contributed by atoms with Gasteiger partial charge in [0.1, 0.15) is 5.65 Å². The number of nitrogens with zero attached hydrogens (tertiary/aromatic N) is 4. The van der Waals surface area contributed by atoms with Gasteiger partial charge < -0.3 is 10.4 Å². The van der Waals surface area contributed by atoms with Crippen LogP contribution in [0.2, 0.25) is 0 Å². The first-order chi connectivity index (χ1) is 14.9. The smallest absolute Gasteiger partial charge is 0.388 e. The molecule has 2 N–H and O–H groups in total. The maximum absolute atomic E-state index is 12.8. The summed E-state index contributed by atoms with van der Waals surface area (Å²) in [5, 5.41) is 14.4. The van der Waals surface area contributed by atoms with Crippen molar-refractivity contribution >= 4 is 27.0 Å². The van der Waals surface area contributed by atoms with E-state index in [-0.39, 0.29) is 43.5 Å². The Bertz CT molecular complexity index is 1170. The molecule has 32 heavy (non-hydrogen) atoms. The molecule has 0 radical (unpaired) electrons. The second-order valence-electron chi connectivity index (χ2n) is 8.55. The molecule has 1 saturated heterocycles. The van der Waals surface area contributed by atoms with E-state index in [0.29, 0.717) is 28.2 Å². The van der Waals surface area contributed by atoms with E-state index in [9.17, 15) is 31.5 Å². The lowest BCUT2D eigenvalue weighted by atomic mass is 10.00. The lowest BCUT2D eigenvalue weighted by Crippen LogP contribution is -2.47. The first kappa shape index (κ1) is 22.9. The van der Waals surface area contributed by atoms with E-state index in [0.717, 1.165) is 6.42 Å². The maximum atomic E-state index is 12.8. The lowest BCUT2D eigenvalue weighted by Gasteiger charge is -2.32. The van der Waals surface area contributed by atoms with Crippen LogP contribution in [-0.2, 0) is 10.0 Å². The largest absolute Gasteiger partial charge is 0.511 e. The fourth-order valence-corrected chi connectivity index (χ4v) is 5.50. The van der Waals surface area contributed by atoms with E-state index in [2.05, 4.69) is 15.3 Å². The second-order valence-corrected chi connectivity index (χ2v) is 10.5. The molecule has 2 aliphatic rings. The topological polar surface area (TPSA) is 117 Å². The highest BCUT2D eigenvalue weighted by atomic mass is 32.2. The van der Waals surface area contributed by atoms with Gasteiger partial charge in [-0.3, -0.25) is 9.36 Å². The number of rotatable bonds is 4. The number of aromatic nitrogens is 3. The number of sulfonamides is 1. The highest BCUT2D eigenvalue weighted by molar-refractivity contribution is 7.90. The van der Waals surface area contributed by atoms with Gasteiger partial charge in [-0.2, -0.15) is 22.5 Å². The zero-order valence-electron chi connectivity index (χ0n) is 17.3. The number of alkyl halides is 3. The molecule has 2 atom stereocenters. The SMILES string of the molecule is C[C@]1(O)CCCC1n1c(=O)ccc2cnc(NC3CCN(S(=O)(=O)C(F)(F)F)CC3)nc21. The average Bonchev–Trinajstić information content (AvgIpc) is 3.06. The molecule has 13 heteroatoms. The molecule has 2 aromatic heterocycles. The van der Waals surface area contributed by atoms with Crippen LogP contribution in [0.3, 0.4) is 0 Å². The van der Waals surface area contributed by atoms with Crippen molar-refractivity contribution in [2.24, 2.45) is 0 Å². The van der Waals surface area contributed by atoms with Crippen molar-refractivity contribution in [2.75, 3.05) is 18.4 Å². The summed E-state index contributed by atoms with van der Waals surface area (Å²) in [7, 11) is -5.34. The summed E-state index contributed by atoms with van der Waals surface area (Å²) in [5.41, 5.74) is -6.30. The van der Waals surface area contributed by atoms with Gasteiger partial charge in [-0.25, -0.2) is 13.4 Å². The summed E-state index contributed by atoms with van der Waals surface area (Å²) in [6, 6.07) is 2.24. The van der Waals surface area contributed by atoms with E-state index in [1.807, 2.05) is 0 Å². The van der Waals surface area contributed by atoms with Crippen molar-refractivity contribution in [1.29, 1.82) is 0 Å². The van der Waals surface area contributed by atoms with Crippen molar-refractivity contribution < 1.29 is 26.7 Å². The number of piperidine rings is 1. The van der Waals surface area contributed by atoms with Crippen LogP contribution < -0.4 is 10.9 Å². The third kappa shape index (κ3) is 4.08. The van der Waals surface area contributed by atoms with Crippen molar-refractivity contribution in [2.45, 2.75) is 62.2 Å². The molecule has 0 amide bonds. The Morgan fingerprint density at radius 3 is 2.50 bits per heavy atom. The first-order valence-electron chi connectivity index (χ1n) is 10.3. The molecule has 3 heterocycles. The molecule has 1 aliphatic carbocycles. The summed E-state index contributed by atoms with van der Waals surface area (Å²) in [4.78, 5) is 21.3. The van der Waals surface area contributed by atoms with Crippen LogP contribution in [0, 0.1) is 0 Å². The molecule has 176 valence electrons. The van der Waals surface area contributed by atoms with Gasteiger partial charge in [0.25, 0.3) is 5.56 Å². The van der Waals surface area contributed by atoms with Crippen molar-refractivity contribution in [1.82, 2.24) is 18.8 Å². The number of anilines is 1. The van der Waals surface area contributed by atoms with Gasteiger partial charge >= 0.3 is 15.5 Å². The molecular formula is C19H24F3N5O4S. The highest BCUT2D eigenvalue weighted by Crippen LogP contribution is 2.39. The van der Waals surface area contributed by atoms with Gasteiger partial charge in [-0.15, -0.1) is 0 Å². The number of halogens is 3. The van der Waals surface area contributed by atoms with Crippen LogP contribution in [0.15, 0.2) is 23.1 Å². The van der Waals surface area contributed by atoms with Crippen molar-refractivity contribution in [3.05, 3.63) is 28.7 Å². The van der Waals surface area contributed by atoms with Gasteiger partial charge in [-0.1, -0.05) is 0 Å². The minimum atomic E-state index is -5.34. The van der Waals surface area contributed by atoms with E-state index >= 15 is 0 Å². The van der Waals surface area contributed by atoms with Gasteiger partial charge in [0.2, 0.25) is 5.95 Å². The Kier molecular flexibility index (Phi) is 5.70. The van der Waals surface area contributed by atoms with Gasteiger partial charge in [0, 0.05) is 36.8 Å². The standard InChI is InChI=1S/C19H24F3N5O4S/c1-18(29)8-2-3-14(18)27-15(28)5-4-12-11-23-17(25-16(12)27)24-13-6-9-26(10-7-13)32(30,31)19(20,21)22/h4-5,11,13-14,29H,2-3,6-10H2,1H3,(H,23,24,25)/t14?,18-/m0/s1. The zero-order chi connectivity index (χ0) is 23.3. The maximum Gasteiger partial charge on any atom is 0.511 e. The second kappa shape index (κ2) is 7.96. The van der Waals surface area contributed by atoms with Crippen LogP contribution in [0.5, 0.6) is 0 Å². The van der Waals surface area contributed by atoms with Gasteiger partial charge in [-0.05, 0) is 45.1 Å². The molecule has 0 aromatic carbocycles. The molecule has 0 spiro atoms. The van der Waals surface area contributed by atoms with Crippen LogP contribution in [0.1, 0.15) is 45.1 Å². The molecule has 0 bridgehead atoms. The van der Waals surface area contributed by atoms with Crippen molar-refractivity contribution in [3.8, 4) is 0 Å². The molecule has 2 fully saturated rings. The quantitative estimate of drug-likeness (QED) is 0.695. The molecule has 2 aromatic rings. The average molecular weight is 475 g/mol. The predicted octanol–water partition coefficient (Wildman–Crippen LogP) is 1.99. The Morgan fingerprint density at radius 2 is 1.91 bits per heavy atom. The highest BCUT2D eigenvalue weighted by Gasteiger charge is 2.50. The summed E-state index contributed by atoms with van der Waals surface area (Å²) in [6.45, 7) is 1.14. The summed E-state index contributed by atoms with van der Waals surface area (Å²) < 4.78 is 63.3. The summed E-state index contributed by atoms with van der Waals surface area (Å²) in [5.74, 6) is 0.187. The van der Waals surface area contributed by atoms with Crippen LogP contribution in [-0.4, -0.2) is 62.6 Å². The number of nitrogens with one attached hydrogen (secondary N) is 1. The summed E-state index contributed by atoms with van der Waals surface area (Å²) >= 11 is 0. The Morgan fingerprint density at radius 1 is 1.22 bits per heavy atom. The Balaban J connectivity index is 1.56. The molecular weight excluding hydrogens is 451 g/mol. The molecule has 1 saturated carbocycles. The zero-order valence-corrected chi connectivity index (χ0v) is 18.2. The lowest BCUT2D eigenvalue weighted by molar-refractivity contribution is -0.0494. The van der Waals surface area contributed by atoms with Crippen LogP contribution >= 0.6 is 0 Å². The van der Waals surface area contributed by atoms with E-state index < -0.39 is 27.2 Å². The van der Waals surface area contributed by atoms with E-state index in [4.69, 9.17) is 0 Å².